The maximum atomic E-state index is 12.4. The lowest BCUT2D eigenvalue weighted by atomic mass is 10.4. The lowest BCUT2D eigenvalue weighted by Crippen LogP contribution is -2.13. The summed E-state index contributed by atoms with van der Waals surface area (Å²) in [5, 5.41) is 2.99. The van der Waals surface area contributed by atoms with Gasteiger partial charge in [0.15, 0.2) is 0 Å². The summed E-state index contributed by atoms with van der Waals surface area (Å²) in [6.45, 7) is 0.623. The van der Waals surface area contributed by atoms with Gasteiger partial charge in [0, 0.05) is 23.8 Å². The van der Waals surface area contributed by atoms with Gasteiger partial charge in [0.2, 0.25) is 0 Å². The maximum Gasteiger partial charge on any atom is 0.263 e. The molecule has 0 aliphatic carbocycles. The summed E-state index contributed by atoms with van der Waals surface area (Å²) in [5.74, 6) is 0. The molecule has 0 saturated carbocycles. The van der Waals surface area contributed by atoms with Crippen molar-refractivity contribution in [1.82, 2.24) is 10.3 Å². The van der Waals surface area contributed by atoms with E-state index in [4.69, 9.17) is 0 Å². The number of nitrogens with one attached hydrogen (secondary N) is 2. The van der Waals surface area contributed by atoms with Crippen molar-refractivity contribution in [2.24, 2.45) is 0 Å². The number of hydrogen-bond donors (Lipinski definition) is 2. The second-order valence-corrected chi connectivity index (χ2v) is 8.80. The molecule has 5 nitrogen and oxygen atoms in total. The minimum atomic E-state index is -3.64. The molecule has 0 bridgehead atoms. The molecule has 0 saturated heterocycles. The molecule has 0 atom stereocenters. The first-order chi connectivity index (χ1) is 9.44. The molecular formula is C11H11Br2N3O2S2. The predicted octanol–water partition coefficient (Wildman–Crippen LogP) is 3.19. The molecule has 20 heavy (non-hydrogen) atoms. The SMILES string of the molecule is CNCc1cc(S(=O)(=O)Nc2ccncc2Br)c(Br)s1. The zero-order valence-electron chi connectivity index (χ0n) is 10.4. The van der Waals surface area contributed by atoms with Crippen LogP contribution in [0.4, 0.5) is 5.69 Å². The molecule has 2 N–H and O–H groups in total. The lowest BCUT2D eigenvalue weighted by Gasteiger charge is -2.08. The van der Waals surface area contributed by atoms with Gasteiger partial charge >= 0.3 is 0 Å². The van der Waals surface area contributed by atoms with E-state index >= 15 is 0 Å². The molecule has 2 rings (SSSR count). The van der Waals surface area contributed by atoms with Crippen molar-refractivity contribution >= 4 is 58.9 Å². The Kier molecular flexibility index (Phi) is 5.19. The van der Waals surface area contributed by atoms with E-state index in [0.717, 1.165) is 4.88 Å². The van der Waals surface area contributed by atoms with Crippen LogP contribution in [-0.4, -0.2) is 20.4 Å². The average Bonchev–Trinajstić information content (AvgIpc) is 2.74. The molecule has 0 amide bonds. The molecule has 2 heterocycles. The molecule has 0 aromatic carbocycles. The Bertz CT molecular complexity index is 716. The van der Waals surface area contributed by atoms with Crippen LogP contribution in [0.5, 0.6) is 0 Å². The Morgan fingerprint density at radius 1 is 1.40 bits per heavy atom. The third-order valence-corrected chi connectivity index (χ3v) is 6.61. The van der Waals surface area contributed by atoms with Crippen LogP contribution in [0.2, 0.25) is 0 Å². The Hall–Kier alpha value is -0.480. The molecule has 9 heteroatoms. The number of hydrogen-bond acceptors (Lipinski definition) is 5. The smallest absolute Gasteiger partial charge is 0.263 e. The number of aromatic nitrogens is 1. The Morgan fingerprint density at radius 2 is 2.15 bits per heavy atom. The van der Waals surface area contributed by atoms with Crippen LogP contribution in [0.1, 0.15) is 4.88 Å². The molecule has 108 valence electrons. The highest BCUT2D eigenvalue weighted by molar-refractivity contribution is 9.11. The van der Waals surface area contributed by atoms with Crippen molar-refractivity contribution in [3.8, 4) is 0 Å². The molecule has 0 aliphatic rings. The third-order valence-electron chi connectivity index (χ3n) is 2.36. The Labute approximate surface area is 138 Å². The van der Waals surface area contributed by atoms with E-state index in [2.05, 4.69) is 46.9 Å². The Balaban J connectivity index is 2.33. The van der Waals surface area contributed by atoms with E-state index < -0.39 is 10.0 Å². The van der Waals surface area contributed by atoms with Crippen LogP contribution in [0, 0.1) is 0 Å². The molecule has 0 spiro atoms. The first-order valence-electron chi connectivity index (χ1n) is 5.49. The fourth-order valence-electron chi connectivity index (χ4n) is 1.50. The monoisotopic (exact) mass is 439 g/mol. The largest absolute Gasteiger partial charge is 0.315 e. The summed E-state index contributed by atoms with van der Waals surface area (Å²) < 4.78 is 28.5. The van der Waals surface area contributed by atoms with Crippen molar-refractivity contribution in [2.45, 2.75) is 11.4 Å². The second kappa shape index (κ2) is 6.52. The van der Waals surface area contributed by atoms with Gasteiger partial charge in [0.25, 0.3) is 10.0 Å². The van der Waals surface area contributed by atoms with Crippen LogP contribution in [-0.2, 0) is 16.6 Å². The fourth-order valence-corrected chi connectivity index (χ4v) is 5.76. The number of rotatable bonds is 5. The normalized spacial score (nSPS) is 11.6. The Morgan fingerprint density at radius 3 is 2.80 bits per heavy atom. The van der Waals surface area contributed by atoms with Crippen LogP contribution in [0.3, 0.4) is 0 Å². The lowest BCUT2D eigenvalue weighted by molar-refractivity contribution is 0.601. The van der Waals surface area contributed by atoms with Crippen LogP contribution < -0.4 is 10.0 Å². The fraction of sp³-hybridized carbons (Fsp3) is 0.182. The van der Waals surface area contributed by atoms with Gasteiger partial charge in [0.1, 0.15) is 4.90 Å². The summed E-state index contributed by atoms with van der Waals surface area (Å²) in [5.41, 5.74) is 0.452. The summed E-state index contributed by atoms with van der Waals surface area (Å²) in [6, 6.07) is 3.25. The highest BCUT2D eigenvalue weighted by Crippen LogP contribution is 2.33. The average molecular weight is 441 g/mol. The quantitative estimate of drug-likeness (QED) is 0.748. The highest BCUT2D eigenvalue weighted by atomic mass is 79.9. The van der Waals surface area contributed by atoms with Crippen molar-refractivity contribution in [3.05, 3.63) is 37.7 Å². The molecule has 0 radical (unpaired) electrons. The van der Waals surface area contributed by atoms with Crippen LogP contribution in [0.15, 0.2) is 37.7 Å². The van der Waals surface area contributed by atoms with Gasteiger partial charge in [-0.1, -0.05) is 0 Å². The third kappa shape index (κ3) is 3.59. The van der Waals surface area contributed by atoms with E-state index in [1.807, 2.05) is 7.05 Å². The minimum absolute atomic E-state index is 0.233. The highest BCUT2D eigenvalue weighted by Gasteiger charge is 2.21. The first-order valence-corrected chi connectivity index (χ1v) is 9.37. The number of halogens is 2. The summed E-state index contributed by atoms with van der Waals surface area (Å²) >= 11 is 7.96. The number of nitrogens with zero attached hydrogens (tertiary/aromatic N) is 1. The van der Waals surface area contributed by atoms with E-state index in [9.17, 15) is 8.42 Å². The molecule has 2 aromatic rings. The van der Waals surface area contributed by atoms with Crippen molar-refractivity contribution < 1.29 is 8.42 Å². The number of thiophene rings is 1. The topological polar surface area (TPSA) is 71.1 Å². The summed E-state index contributed by atoms with van der Waals surface area (Å²) in [4.78, 5) is 5.07. The molecular weight excluding hydrogens is 430 g/mol. The van der Waals surface area contributed by atoms with Gasteiger partial charge in [-0.3, -0.25) is 9.71 Å². The maximum absolute atomic E-state index is 12.4. The molecule has 0 aliphatic heterocycles. The number of pyridine rings is 1. The minimum Gasteiger partial charge on any atom is -0.315 e. The van der Waals surface area contributed by atoms with Crippen molar-refractivity contribution in [1.29, 1.82) is 0 Å². The van der Waals surface area contributed by atoms with Crippen LogP contribution in [0.25, 0.3) is 0 Å². The molecule has 2 aromatic heterocycles. The van der Waals surface area contributed by atoms with Gasteiger partial charge in [-0.2, -0.15) is 0 Å². The zero-order valence-corrected chi connectivity index (χ0v) is 15.2. The standard InChI is InChI=1S/C11H11Br2N3O2S2/c1-14-5-7-4-10(11(13)19-7)20(17,18)16-9-2-3-15-6-8(9)12/h2-4,6,14H,5H2,1H3,(H,15,16). The van der Waals surface area contributed by atoms with Crippen molar-refractivity contribution in [2.75, 3.05) is 11.8 Å². The van der Waals surface area contributed by atoms with Crippen molar-refractivity contribution in [3.63, 3.8) is 0 Å². The van der Waals surface area contributed by atoms with Gasteiger partial charge in [0.05, 0.1) is 13.9 Å². The van der Waals surface area contributed by atoms with E-state index in [0.29, 0.717) is 20.5 Å². The molecule has 0 unspecified atom stereocenters. The molecule has 0 fully saturated rings. The number of sulfonamides is 1. The zero-order chi connectivity index (χ0) is 14.8. The van der Waals surface area contributed by atoms with Crippen LogP contribution >= 0.6 is 43.2 Å². The van der Waals surface area contributed by atoms with E-state index in [1.54, 1.807) is 12.1 Å². The predicted molar refractivity (Wildman–Crippen MR) is 87.5 cm³/mol. The van der Waals surface area contributed by atoms with E-state index in [-0.39, 0.29) is 4.90 Å². The summed E-state index contributed by atoms with van der Waals surface area (Å²) in [6.07, 6.45) is 3.06. The van der Waals surface area contributed by atoms with Gasteiger partial charge in [-0.25, -0.2) is 8.42 Å². The summed E-state index contributed by atoms with van der Waals surface area (Å²) in [7, 11) is -1.82. The first kappa shape index (κ1) is 15.9. The number of anilines is 1. The van der Waals surface area contributed by atoms with Gasteiger partial charge in [-0.05, 0) is 51.0 Å². The second-order valence-electron chi connectivity index (χ2n) is 3.84. The van der Waals surface area contributed by atoms with Gasteiger partial charge in [-0.15, -0.1) is 11.3 Å². The van der Waals surface area contributed by atoms with Gasteiger partial charge < -0.3 is 5.32 Å². The van der Waals surface area contributed by atoms with E-state index in [1.165, 1.54) is 23.7 Å².